The van der Waals surface area contributed by atoms with E-state index in [-0.39, 0.29) is 25.0 Å². The molecule has 0 spiro atoms. The smallest absolute Gasteiger partial charge is 0.410 e. The van der Waals surface area contributed by atoms with Crippen LogP contribution in [0.15, 0.2) is 60.7 Å². The van der Waals surface area contributed by atoms with Gasteiger partial charge in [-0.25, -0.2) is 4.79 Å². The Morgan fingerprint density at radius 3 is 2.11 bits per heavy atom. The number of ether oxygens (including phenoxy) is 1. The highest BCUT2D eigenvalue weighted by Crippen LogP contribution is 2.27. The number of hydrogen-bond donors (Lipinski definition) is 2. The van der Waals surface area contributed by atoms with Crippen LogP contribution in [0.3, 0.4) is 0 Å². The van der Waals surface area contributed by atoms with Crippen molar-refractivity contribution in [1.82, 2.24) is 20.0 Å². The van der Waals surface area contributed by atoms with Crippen molar-refractivity contribution in [2.24, 2.45) is 5.41 Å². The minimum atomic E-state index is -0.903. The molecule has 3 rings (SSSR count). The van der Waals surface area contributed by atoms with E-state index < -0.39 is 46.9 Å². The first-order chi connectivity index (χ1) is 22.0. The van der Waals surface area contributed by atoms with Gasteiger partial charge in [0, 0.05) is 38.4 Å². The van der Waals surface area contributed by atoms with Gasteiger partial charge in [0.1, 0.15) is 17.7 Å². The Morgan fingerprint density at radius 1 is 0.936 bits per heavy atom. The fourth-order valence-electron chi connectivity index (χ4n) is 5.35. The summed E-state index contributed by atoms with van der Waals surface area (Å²) in [7, 11) is 1.48. The number of amides is 5. The molecular weight excluding hydrogens is 598 g/mol. The Labute approximate surface area is 279 Å². The molecule has 1 saturated heterocycles. The van der Waals surface area contributed by atoms with Crippen LogP contribution in [0.5, 0.6) is 0 Å². The molecule has 1 fully saturated rings. The maximum Gasteiger partial charge on any atom is 0.410 e. The van der Waals surface area contributed by atoms with Crippen molar-refractivity contribution in [3.8, 4) is 0 Å². The molecule has 1 unspecified atom stereocenters. The molecule has 1 aliphatic heterocycles. The van der Waals surface area contributed by atoms with Crippen molar-refractivity contribution in [1.29, 1.82) is 0 Å². The molecule has 1 aliphatic rings. The van der Waals surface area contributed by atoms with Gasteiger partial charge in [-0.05, 0) is 70.1 Å². The number of nitrogens with zero attached hydrogens (tertiary/aromatic N) is 3. The fraction of sp³-hybridized carbons (Fsp3) is 0.528. The molecule has 11 nitrogen and oxygen atoms in total. The van der Waals surface area contributed by atoms with Gasteiger partial charge in [-0.2, -0.15) is 0 Å². The van der Waals surface area contributed by atoms with Crippen LogP contribution in [0.1, 0.15) is 66.9 Å². The van der Waals surface area contributed by atoms with E-state index in [2.05, 4.69) is 10.6 Å². The minimum Gasteiger partial charge on any atom is -0.444 e. The highest BCUT2D eigenvalue weighted by atomic mass is 16.6. The van der Waals surface area contributed by atoms with Crippen molar-refractivity contribution in [2.75, 3.05) is 32.0 Å². The number of hydrogen-bond acceptors (Lipinski definition) is 6. The van der Waals surface area contributed by atoms with Crippen LogP contribution in [-0.2, 0) is 30.3 Å². The number of benzene rings is 2. The largest absolute Gasteiger partial charge is 0.444 e. The Kier molecular flexibility index (Phi) is 12.6. The number of likely N-dealkylation sites (N-methyl/N-ethyl adjacent to an activating group) is 1. The van der Waals surface area contributed by atoms with E-state index in [0.29, 0.717) is 25.1 Å². The Morgan fingerprint density at radius 2 is 1.53 bits per heavy atom. The van der Waals surface area contributed by atoms with E-state index in [1.54, 1.807) is 56.9 Å². The van der Waals surface area contributed by atoms with Crippen molar-refractivity contribution >= 4 is 35.4 Å². The van der Waals surface area contributed by atoms with Crippen LogP contribution >= 0.6 is 0 Å². The zero-order chi connectivity index (χ0) is 34.9. The van der Waals surface area contributed by atoms with E-state index >= 15 is 0 Å². The van der Waals surface area contributed by atoms with Gasteiger partial charge in [0.05, 0.1) is 0 Å². The first kappa shape index (κ1) is 37.1. The van der Waals surface area contributed by atoms with Crippen molar-refractivity contribution in [3.63, 3.8) is 0 Å². The van der Waals surface area contributed by atoms with E-state index in [1.165, 1.54) is 16.8 Å². The predicted molar refractivity (Wildman–Crippen MR) is 181 cm³/mol. The number of likely N-dealkylation sites (tertiary alicyclic amines) is 1. The molecule has 0 radical (unpaired) electrons. The third-order valence-corrected chi connectivity index (χ3v) is 8.16. The standard InChI is InChI=1S/C36H51N5O6/c1-25(39(8)34(46)47-36(5,6)7)30(42)38-29(35(2,3)4)32(44)41-22-15-20-28(41)24-40(23-21-26-16-11-9-12-17-26)33(45)31(43)37-27-18-13-10-14-19-27/h9-14,16-19,25,28-29H,15,20-24H2,1-8H3,(H,37,43)(H,38,42)/t25-,28?,29+/m0/s1. The molecule has 1 heterocycles. The SMILES string of the molecule is C[C@@H](C(=O)N[C@H](C(=O)N1CCCC1CN(CCc1ccccc1)C(=O)C(=O)Nc1ccccc1)C(C)(C)C)N(C)C(=O)OC(C)(C)C. The molecule has 256 valence electrons. The quantitative estimate of drug-likeness (QED) is 0.366. The average molecular weight is 650 g/mol. The lowest BCUT2D eigenvalue weighted by Gasteiger charge is -2.38. The summed E-state index contributed by atoms with van der Waals surface area (Å²) in [5.41, 5.74) is 0.146. The van der Waals surface area contributed by atoms with Crippen molar-refractivity contribution in [3.05, 3.63) is 66.2 Å². The van der Waals surface area contributed by atoms with Gasteiger partial charge in [-0.3, -0.25) is 24.1 Å². The third kappa shape index (κ3) is 10.8. The Bertz CT molecular complexity index is 1390. The molecule has 0 aliphatic carbocycles. The highest BCUT2D eigenvalue weighted by Gasteiger charge is 2.42. The molecule has 5 amide bonds. The molecular formula is C36H51N5O6. The maximum atomic E-state index is 14.2. The predicted octanol–water partition coefficient (Wildman–Crippen LogP) is 4.47. The molecule has 0 aromatic heterocycles. The number of nitrogens with one attached hydrogen (secondary N) is 2. The summed E-state index contributed by atoms with van der Waals surface area (Å²) < 4.78 is 5.41. The molecule has 2 aromatic carbocycles. The second kappa shape index (κ2) is 15.9. The van der Waals surface area contributed by atoms with E-state index in [4.69, 9.17) is 4.74 Å². The Balaban J connectivity index is 1.78. The zero-order valence-corrected chi connectivity index (χ0v) is 29.0. The van der Waals surface area contributed by atoms with E-state index in [9.17, 15) is 24.0 Å². The number of rotatable bonds is 10. The summed E-state index contributed by atoms with van der Waals surface area (Å²) in [6.07, 6.45) is 1.25. The lowest BCUT2D eigenvalue weighted by molar-refractivity contribution is -0.145. The van der Waals surface area contributed by atoms with Crippen LogP contribution in [-0.4, -0.2) is 94.8 Å². The van der Waals surface area contributed by atoms with Gasteiger partial charge >= 0.3 is 17.9 Å². The Hall–Kier alpha value is -4.41. The number of anilines is 1. The van der Waals surface area contributed by atoms with Crippen LogP contribution in [0.2, 0.25) is 0 Å². The topological polar surface area (TPSA) is 128 Å². The van der Waals surface area contributed by atoms with Crippen LogP contribution in [0, 0.1) is 5.41 Å². The van der Waals surface area contributed by atoms with Gasteiger partial charge in [0.25, 0.3) is 0 Å². The normalized spacial score (nSPS) is 16.1. The second-order valence-corrected chi connectivity index (χ2v) is 14.2. The van der Waals surface area contributed by atoms with Crippen LogP contribution in [0.25, 0.3) is 0 Å². The van der Waals surface area contributed by atoms with Gasteiger partial charge < -0.3 is 25.2 Å². The molecule has 2 N–H and O–H groups in total. The van der Waals surface area contributed by atoms with Gasteiger partial charge in [-0.1, -0.05) is 69.3 Å². The van der Waals surface area contributed by atoms with Gasteiger partial charge in [0.2, 0.25) is 11.8 Å². The number of carbonyl (C=O) groups excluding carboxylic acids is 5. The zero-order valence-electron chi connectivity index (χ0n) is 29.0. The molecule has 47 heavy (non-hydrogen) atoms. The highest BCUT2D eigenvalue weighted by molar-refractivity contribution is 6.39. The number of carbonyl (C=O) groups is 5. The van der Waals surface area contributed by atoms with Crippen LogP contribution < -0.4 is 10.6 Å². The lowest BCUT2D eigenvalue weighted by Crippen LogP contribution is -2.60. The summed E-state index contributed by atoms with van der Waals surface area (Å²) in [5.74, 6) is -2.18. The first-order valence-electron chi connectivity index (χ1n) is 16.2. The minimum absolute atomic E-state index is 0.169. The third-order valence-electron chi connectivity index (χ3n) is 8.16. The molecule has 2 aromatic rings. The fourth-order valence-corrected chi connectivity index (χ4v) is 5.35. The first-order valence-corrected chi connectivity index (χ1v) is 16.2. The summed E-state index contributed by atoms with van der Waals surface area (Å²) in [4.78, 5) is 71.3. The number of para-hydroxylation sites is 1. The molecule has 0 saturated carbocycles. The van der Waals surface area contributed by atoms with Crippen molar-refractivity contribution in [2.45, 2.75) is 91.5 Å². The monoisotopic (exact) mass is 649 g/mol. The van der Waals surface area contributed by atoms with E-state index in [0.717, 1.165) is 12.0 Å². The van der Waals surface area contributed by atoms with Gasteiger partial charge in [-0.15, -0.1) is 0 Å². The summed E-state index contributed by atoms with van der Waals surface area (Å²) in [6.45, 7) is 13.3. The summed E-state index contributed by atoms with van der Waals surface area (Å²) in [6, 6.07) is 16.3. The molecule has 0 bridgehead atoms. The molecule has 3 atom stereocenters. The summed E-state index contributed by atoms with van der Waals surface area (Å²) in [5, 5.41) is 5.58. The maximum absolute atomic E-state index is 14.2. The molecule has 11 heteroatoms. The van der Waals surface area contributed by atoms with Crippen LogP contribution in [0.4, 0.5) is 10.5 Å². The second-order valence-electron chi connectivity index (χ2n) is 14.2. The lowest BCUT2D eigenvalue weighted by atomic mass is 9.85. The van der Waals surface area contributed by atoms with Gasteiger partial charge in [0.15, 0.2) is 0 Å². The van der Waals surface area contributed by atoms with Crippen molar-refractivity contribution < 1.29 is 28.7 Å². The average Bonchev–Trinajstić information content (AvgIpc) is 3.48. The summed E-state index contributed by atoms with van der Waals surface area (Å²) >= 11 is 0. The van der Waals surface area contributed by atoms with E-state index in [1.807, 2.05) is 57.2 Å².